The fourth-order valence-corrected chi connectivity index (χ4v) is 3.36. The van der Waals surface area contributed by atoms with E-state index in [1.165, 1.54) is 17.3 Å². The van der Waals surface area contributed by atoms with Gasteiger partial charge in [0.05, 0.1) is 6.61 Å². The molecule has 0 spiro atoms. The SMILES string of the molecule is C/C=C\C1=C=C(/C=C(C)/C=N/C(C=O)=C\SC)CCO1.CC.CNc1n[nH]c(CCc2ccccc2)n1. The first-order valence-corrected chi connectivity index (χ1v) is 13.7. The highest BCUT2D eigenvalue weighted by Gasteiger charge is 2.03. The number of ether oxygens (including phenoxy) is 1. The van der Waals surface area contributed by atoms with Gasteiger partial charge in [0.1, 0.15) is 11.5 Å². The average molecular weight is 522 g/mol. The third-order valence-corrected chi connectivity index (χ3v) is 5.14. The molecule has 2 aromatic rings. The molecule has 0 radical (unpaired) electrons. The van der Waals surface area contributed by atoms with Gasteiger partial charge in [-0.2, -0.15) is 4.98 Å². The molecule has 8 heteroatoms. The summed E-state index contributed by atoms with van der Waals surface area (Å²) in [5.74, 6) is 2.33. The molecule has 37 heavy (non-hydrogen) atoms. The number of H-pyrrole nitrogens is 1. The number of aldehydes is 1. The van der Waals surface area contributed by atoms with Gasteiger partial charge in [-0.15, -0.1) is 16.9 Å². The lowest BCUT2D eigenvalue weighted by Crippen LogP contribution is -1.99. The second-order valence-corrected chi connectivity index (χ2v) is 8.20. The van der Waals surface area contributed by atoms with Gasteiger partial charge in [0.2, 0.25) is 5.95 Å². The molecular weight excluding hydrogens is 482 g/mol. The van der Waals surface area contributed by atoms with Crippen molar-refractivity contribution in [2.24, 2.45) is 4.99 Å². The molecule has 7 nitrogen and oxygen atoms in total. The minimum Gasteiger partial charge on any atom is -0.486 e. The van der Waals surface area contributed by atoms with Gasteiger partial charge in [0, 0.05) is 31.7 Å². The van der Waals surface area contributed by atoms with Crippen LogP contribution in [0.2, 0.25) is 0 Å². The van der Waals surface area contributed by atoms with Crippen LogP contribution in [-0.2, 0) is 22.4 Å². The predicted molar refractivity (Wildman–Crippen MR) is 157 cm³/mol. The van der Waals surface area contributed by atoms with Crippen molar-refractivity contribution in [1.82, 2.24) is 15.2 Å². The summed E-state index contributed by atoms with van der Waals surface area (Å²) in [5.41, 5.74) is 7.01. The normalized spacial score (nSPS) is 13.6. The van der Waals surface area contributed by atoms with Gasteiger partial charge in [-0.25, -0.2) is 0 Å². The van der Waals surface area contributed by atoms with Crippen LogP contribution in [0, 0.1) is 0 Å². The number of aryl methyl sites for hydroxylation is 2. The van der Waals surface area contributed by atoms with E-state index in [1.54, 1.807) is 11.6 Å². The van der Waals surface area contributed by atoms with E-state index in [2.05, 4.69) is 55.5 Å². The largest absolute Gasteiger partial charge is 0.486 e. The Kier molecular flexibility index (Phi) is 16.6. The highest BCUT2D eigenvalue weighted by molar-refractivity contribution is 8.01. The molecule has 2 N–H and O–H groups in total. The molecule has 0 unspecified atom stereocenters. The number of allylic oxidation sites excluding steroid dienone is 4. The maximum absolute atomic E-state index is 10.8. The standard InChI is InChI=1S/C16H19NO2S.C11H14N4.C2H6/c1-4-5-16-9-14(6-7-19-16)8-13(2)10-17-15(11-18)12-20-3;1-12-11-13-10(14-15-11)8-7-9-5-3-2-4-6-9;1-2/h4-5,8,10-12H,6-7H2,1-3H3;2-6H,7-8H2,1H3,(H2,12,13,14,15);1-2H3/b5-4-,13-8+,15-12-,17-10+;;. The van der Waals surface area contributed by atoms with E-state index in [0.29, 0.717) is 18.3 Å². The van der Waals surface area contributed by atoms with E-state index in [-0.39, 0.29) is 0 Å². The fourth-order valence-electron chi connectivity index (χ4n) is 3.00. The van der Waals surface area contributed by atoms with Crippen LogP contribution in [0.4, 0.5) is 5.95 Å². The predicted octanol–water partition coefficient (Wildman–Crippen LogP) is 6.47. The first-order valence-electron chi connectivity index (χ1n) is 12.4. The van der Waals surface area contributed by atoms with Crippen LogP contribution >= 0.6 is 11.8 Å². The molecule has 3 rings (SSSR count). The van der Waals surface area contributed by atoms with Gasteiger partial charge >= 0.3 is 0 Å². The molecule has 0 saturated carbocycles. The molecule has 1 aromatic heterocycles. The molecule has 0 bridgehead atoms. The number of nitrogens with zero attached hydrogens (tertiary/aromatic N) is 3. The molecule has 0 fully saturated rings. The monoisotopic (exact) mass is 521 g/mol. The number of aliphatic imine (C=N–C) groups is 1. The quantitative estimate of drug-likeness (QED) is 0.161. The van der Waals surface area contributed by atoms with Gasteiger partial charge in [0.25, 0.3) is 0 Å². The molecule has 2 heterocycles. The van der Waals surface area contributed by atoms with Crippen LogP contribution in [-0.4, -0.2) is 47.6 Å². The second-order valence-electron chi connectivity index (χ2n) is 7.50. The van der Waals surface area contributed by atoms with Crippen molar-refractivity contribution in [3.05, 3.63) is 93.7 Å². The van der Waals surface area contributed by atoms with Crippen LogP contribution in [0.5, 0.6) is 0 Å². The van der Waals surface area contributed by atoms with Crippen molar-refractivity contribution in [2.75, 3.05) is 25.2 Å². The highest BCUT2D eigenvalue weighted by atomic mass is 32.2. The number of hydrogen-bond acceptors (Lipinski definition) is 7. The second kappa shape index (κ2) is 19.6. The smallest absolute Gasteiger partial charge is 0.241 e. The first-order chi connectivity index (χ1) is 18.1. The fraction of sp³-hybridized carbons (Fsp3) is 0.345. The van der Waals surface area contributed by atoms with Gasteiger partial charge in [0.15, 0.2) is 12.0 Å². The maximum Gasteiger partial charge on any atom is 0.241 e. The Balaban J connectivity index is 0.000000357. The van der Waals surface area contributed by atoms with E-state index in [9.17, 15) is 4.79 Å². The van der Waals surface area contributed by atoms with E-state index in [0.717, 1.165) is 48.3 Å². The lowest BCUT2D eigenvalue weighted by molar-refractivity contribution is -0.104. The molecule has 0 amide bonds. The van der Waals surface area contributed by atoms with E-state index in [4.69, 9.17) is 4.74 Å². The van der Waals surface area contributed by atoms with Crippen molar-refractivity contribution < 1.29 is 9.53 Å². The van der Waals surface area contributed by atoms with Crippen LogP contribution in [0.1, 0.15) is 45.5 Å². The maximum atomic E-state index is 10.8. The van der Waals surface area contributed by atoms with Gasteiger partial charge in [-0.3, -0.25) is 14.9 Å². The molecule has 1 aromatic carbocycles. The molecule has 198 valence electrons. The number of aromatic nitrogens is 3. The average Bonchev–Trinajstić information content (AvgIpc) is 3.41. The zero-order valence-corrected chi connectivity index (χ0v) is 23.6. The lowest BCUT2D eigenvalue weighted by atomic mass is 10.1. The third kappa shape index (κ3) is 13.3. The summed E-state index contributed by atoms with van der Waals surface area (Å²) in [6.07, 6.45) is 12.9. The van der Waals surface area contributed by atoms with Crippen LogP contribution < -0.4 is 5.32 Å². The Hall–Kier alpha value is -3.61. The number of benzene rings is 1. The number of nitrogens with one attached hydrogen (secondary N) is 2. The van der Waals surface area contributed by atoms with Gasteiger partial charge in [-0.05, 0) is 55.2 Å². The Morgan fingerprint density at radius 1 is 1.27 bits per heavy atom. The topological polar surface area (TPSA) is 92.3 Å². The summed E-state index contributed by atoms with van der Waals surface area (Å²) in [7, 11) is 1.81. The highest BCUT2D eigenvalue weighted by Crippen LogP contribution is 2.14. The summed E-state index contributed by atoms with van der Waals surface area (Å²) in [4.78, 5) is 19.2. The van der Waals surface area contributed by atoms with Crippen molar-refractivity contribution in [3.8, 4) is 0 Å². The minimum atomic E-state index is 0.427. The van der Waals surface area contributed by atoms with E-state index in [1.807, 2.05) is 65.3 Å². The van der Waals surface area contributed by atoms with Crippen molar-refractivity contribution in [3.63, 3.8) is 0 Å². The first kappa shape index (κ1) is 31.4. The summed E-state index contributed by atoms with van der Waals surface area (Å²) in [5, 5.41) is 11.5. The minimum absolute atomic E-state index is 0.427. The summed E-state index contributed by atoms with van der Waals surface area (Å²) in [6, 6.07) is 10.4. The third-order valence-electron chi connectivity index (χ3n) is 4.66. The number of aromatic amines is 1. The zero-order chi connectivity index (χ0) is 27.3. The summed E-state index contributed by atoms with van der Waals surface area (Å²) < 4.78 is 5.45. The number of hydrogen-bond donors (Lipinski definition) is 2. The van der Waals surface area contributed by atoms with Crippen molar-refractivity contribution in [2.45, 2.75) is 47.0 Å². The Morgan fingerprint density at radius 3 is 2.65 bits per heavy atom. The van der Waals surface area contributed by atoms with E-state index < -0.39 is 0 Å². The Morgan fingerprint density at radius 2 is 2.03 bits per heavy atom. The number of anilines is 1. The number of rotatable bonds is 10. The van der Waals surface area contributed by atoms with Crippen LogP contribution in [0.25, 0.3) is 0 Å². The van der Waals surface area contributed by atoms with Crippen molar-refractivity contribution in [1.29, 1.82) is 0 Å². The Labute approximate surface area is 225 Å². The molecule has 0 saturated heterocycles. The molecule has 1 aliphatic heterocycles. The van der Waals surface area contributed by atoms with E-state index >= 15 is 0 Å². The van der Waals surface area contributed by atoms with Gasteiger partial charge in [-0.1, -0.05) is 56.0 Å². The number of carbonyl (C=O) groups excluding carboxylic acids is 1. The number of thioether (sulfide) groups is 1. The molecule has 0 atom stereocenters. The van der Waals surface area contributed by atoms with Crippen molar-refractivity contribution >= 4 is 30.2 Å². The van der Waals surface area contributed by atoms with Gasteiger partial charge < -0.3 is 10.1 Å². The molecule has 1 aliphatic rings. The summed E-state index contributed by atoms with van der Waals surface area (Å²) in [6.45, 7) is 8.55. The summed E-state index contributed by atoms with van der Waals surface area (Å²) >= 11 is 1.46. The lowest BCUT2D eigenvalue weighted by Gasteiger charge is -2.10. The van der Waals surface area contributed by atoms with Crippen LogP contribution in [0.3, 0.4) is 0 Å². The molecule has 0 aliphatic carbocycles. The van der Waals surface area contributed by atoms with Crippen LogP contribution in [0.15, 0.2) is 87.3 Å². The molecular formula is C29H39N5O2S. The number of carbonyl (C=O) groups is 1. The zero-order valence-electron chi connectivity index (χ0n) is 22.7. The Bertz CT molecular complexity index is 1120.